The molecule has 0 aromatic rings. The van der Waals surface area contributed by atoms with E-state index in [0.29, 0.717) is 19.0 Å². The van der Waals surface area contributed by atoms with E-state index in [1.54, 1.807) is 4.90 Å². The SMILES string of the molecule is CC(C)CNC(=O)N1CCC[C@H](C(=O)N[C@@H]2CC=CCC2)C1. The lowest BCUT2D eigenvalue weighted by Gasteiger charge is -2.33. The van der Waals surface area contributed by atoms with Crippen molar-refractivity contribution in [3.05, 3.63) is 12.2 Å². The molecule has 2 rings (SSSR count). The van der Waals surface area contributed by atoms with E-state index in [2.05, 4.69) is 36.6 Å². The number of allylic oxidation sites excluding steroid dienone is 1. The van der Waals surface area contributed by atoms with Crippen LogP contribution in [0.3, 0.4) is 0 Å². The van der Waals surface area contributed by atoms with Gasteiger partial charge in [0.05, 0.1) is 5.92 Å². The molecule has 1 saturated heterocycles. The molecule has 0 saturated carbocycles. The molecule has 1 aliphatic heterocycles. The fraction of sp³-hybridized carbons (Fsp3) is 0.765. The second-order valence-electron chi connectivity index (χ2n) is 6.86. The predicted molar refractivity (Wildman–Crippen MR) is 87.5 cm³/mol. The first-order chi connectivity index (χ1) is 10.6. The minimum atomic E-state index is -0.0653. The summed E-state index contributed by atoms with van der Waals surface area (Å²) in [7, 11) is 0. The van der Waals surface area contributed by atoms with Crippen LogP contribution in [-0.2, 0) is 4.79 Å². The van der Waals surface area contributed by atoms with Crippen LogP contribution >= 0.6 is 0 Å². The number of nitrogens with zero attached hydrogens (tertiary/aromatic N) is 1. The largest absolute Gasteiger partial charge is 0.353 e. The number of rotatable bonds is 4. The summed E-state index contributed by atoms with van der Waals surface area (Å²) in [5, 5.41) is 6.09. The Balaban J connectivity index is 1.80. The summed E-state index contributed by atoms with van der Waals surface area (Å²) in [6, 6.07) is 0.231. The zero-order valence-electron chi connectivity index (χ0n) is 13.8. The lowest BCUT2D eigenvalue weighted by molar-refractivity contribution is -0.127. The molecule has 0 aromatic carbocycles. The molecule has 1 heterocycles. The maximum atomic E-state index is 12.4. The molecular weight excluding hydrogens is 278 g/mol. The van der Waals surface area contributed by atoms with Crippen molar-refractivity contribution in [3.63, 3.8) is 0 Å². The van der Waals surface area contributed by atoms with Crippen molar-refractivity contribution in [2.24, 2.45) is 11.8 Å². The third-order valence-electron chi connectivity index (χ3n) is 4.36. The van der Waals surface area contributed by atoms with Gasteiger partial charge < -0.3 is 15.5 Å². The van der Waals surface area contributed by atoms with Gasteiger partial charge in [-0.25, -0.2) is 4.79 Å². The van der Waals surface area contributed by atoms with Gasteiger partial charge >= 0.3 is 6.03 Å². The third kappa shape index (κ3) is 5.04. The second kappa shape index (κ2) is 8.20. The number of likely N-dealkylation sites (tertiary alicyclic amines) is 1. The van der Waals surface area contributed by atoms with Gasteiger partial charge in [0.1, 0.15) is 0 Å². The average molecular weight is 307 g/mol. The lowest BCUT2D eigenvalue weighted by Crippen LogP contribution is -2.50. The number of carbonyl (C=O) groups excluding carboxylic acids is 2. The number of urea groups is 1. The average Bonchev–Trinajstić information content (AvgIpc) is 2.53. The Morgan fingerprint density at radius 1 is 1.27 bits per heavy atom. The molecule has 1 aliphatic carbocycles. The maximum absolute atomic E-state index is 12.4. The van der Waals surface area contributed by atoms with Gasteiger partial charge in [0.2, 0.25) is 5.91 Å². The van der Waals surface area contributed by atoms with Crippen LogP contribution < -0.4 is 10.6 Å². The molecule has 22 heavy (non-hydrogen) atoms. The minimum Gasteiger partial charge on any atom is -0.353 e. The molecule has 0 unspecified atom stereocenters. The first-order valence-electron chi connectivity index (χ1n) is 8.54. The van der Waals surface area contributed by atoms with Gasteiger partial charge in [-0.05, 0) is 38.0 Å². The predicted octanol–water partition coefficient (Wildman–Crippen LogP) is 2.29. The second-order valence-corrected chi connectivity index (χ2v) is 6.86. The summed E-state index contributed by atoms with van der Waals surface area (Å²) in [6.45, 7) is 6.12. The highest BCUT2D eigenvalue weighted by Gasteiger charge is 2.29. The molecule has 5 nitrogen and oxygen atoms in total. The third-order valence-corrected chi connectivity index (χ3v) is 4.36. The Morgan fingerprint density at radius 3 is 2.77 bits per heavy atom. The van der Waals surface area contributed by atoms with Gasteiger partial charge in [0.25, 0.3) is 0 Å². The molecule has 2 aliphatic rings. The van der Waals surface area contributed by atoms with Gasteiger partial charge in [-0.1, -0.05) is 26.0 Å². The molecule has 3 amide bonds. The summed E-state index contributed by atoms with van der Waals surface area (Å²) in [4.78, 5) is 26.3. The molecule has 0 spiro atoms. The lowest BCUT2D eigenvalue weighted by atomic mass is 9.95. The number of carbonyl (C=O) groups is 2. The van der Waals surface area contributed by atoms with Crippen LogP contribution in [0.15, 0.2) is 12.2 Å². The van der Waals surface area contributed by atoms with E-state index >= 15 is 0 Å². The van der Waals surface area contributed by atoms with Crippen LogP contribution in [0.4, 0.5) is 4.79 Å². The van der Waals surface area contributed by atoms with Crippen molar-refractivity contribution in [1.29, 1.82) is 0 Å². The van der Waals surface area contributed by atoms with E-state index in [-0.39, 0.29) is 23.9 Å². The number of amides is 3. The smallest absolute Gasteiger partial charge is 0.317 e. The normalized spacial score (nSPS) is 25.1. The number of hydrogen-bond acceptors (Lipinski definition) is 2. The van der Waals surface area contributed by atoms with Gasteiger partial charge in [0.15, 0.2) is 0 Å². The summed E-state index contributed by atoms with van der Waals surface area (Å²) in [6.07, 6.45) is 9.08. The van der Waals surface area contributed by atoms with Crippen molar-refractivity contribution in [2.75, 3.05) is 19.6 Å². The topological polar surface area (TPSA) is 61.4 Å². The maximum Gasteiger partial charge on any atom is 0.317 e. The minimum absolute atomic E-state index is 0.0354. The zero-order chi connectivity index (χ0) is 15.9. The molecule has 124 valence electrons. The summed E-state index contributed by atoms with van der Waals surface area (Å²) in [5.41, 5.74) is 0. The Morgan fingerprint density at radius 2 is 2.09 bits per heavy atom. The van der Waals surface area contributed by atoms with Crippen LogP contribution in [0.5, 0.6) is 0 Å². The van der Waals surface area contributed by atoms with Gasteiger partial charge in [-0.2, -0.15) is 0 Å². The number of hydrogen-bond donors (Lipinski definition) is 2. The van der Waals surface area contributed by atoms with Crippen LogP contribution in [0.2, 0.25) is 0 Å². The van der Waals surface area contributed by atoms with Crippen molar-refractivity contribution in [3.8, 4) is 0 Å². The molecule has 5 heteroatoms. The Hall–Kier alpha value is -1.52. The van der Waals surface area contributed by atoms with Gasteiger partial charge in [0, 0.05) is 25.7 Å². The van der Waals surface area contributed by atoms with E-state index in [1.165, 1.54) is 0 Å². The first-order valence-corrected chi connectivity index (χ1v) is 8.54. The summed E-state index contributed by atoms with van der Waals surface area (Å²) >= 11 is 0. The van der Waals surface area contributed by atoms with Crippen LogP contribution in [0.25, 0.3) is 0 Å². The van der Waals surface area contributed by atoms with Crippen LogP contribution in [0.1, 0.15) is 46.0 Å². The van der Waals surface area contributed by atoms with Crippen molar-refractivity contribution in [2.45, 2.75) is 52.0 Å². The molecule has 0 aromatic heterocycles. The molecule has 0 bridgehead atoms. The molecule has 2 N–H and O–H groups in total. The molecule has 1 fully saturated rings. The highest BCUT2D eigenvalue weighted by Crippen LogP contribution is 2.18. The summed E-state index contributed by atoms with van der Waals surface area (Å²) in [5.74, 6) is 0.485. The van der Waals surface area contributed by atoms with Crippen LogP contribution in [-0.4, -0.2) is 42.5 Å². The standard InChI is InChI=1S/C17H29N3O2/c1-13(2)11-18-17(22)20-10-6-7-14(12-20)16(21)19-15-8-4-3-5-9-15/h3-4,13-15H,5-12H2,1-2H3,(H,18,22)(H,19,21)/t14-,15+/m0/s1. The Labute approximate surface area is 133 Å². The Kier molecular flexibility index (Phi) is 6.28. The number of piperidine rings is 1. The highest BCUT2D eigenvalue weighted by atomic mass is 16.2. The highest BCUT2D eigenvalue weighted by molar-refractivity contribution is 5.81. The van der Waals surface area contributed by atoms with Crippen molar-refractivity contribution >= 4 is 11.9 Å². The fourth-order valence-corrected chi connectivity index (χ4v) is 3.02. The fourth-order valence-electron chi connectivity index (χ4n) is 3.02. The number of nitrogens with one attached hydrogen (secondary N) is 2. The molecule has 0 radical (unpaired) electrons. The van der Waals surface area contributed by atoms with Gasteiger partial charge in [-0.15, -0.1) is 0 Å². The van der Waals surface area contributed by atoms with Crippen molar-refractivity contribution in [1.82, 2.24) is 15.5 Å². The van der Waals surface area contributed by atoms with Crippen molar-refractivity contribution < 1.29 is 9.59 Å². The zero-order valence-corrected chi connectivity index (χ0v) is 13.8. The van der Waals surface area contributed by atoms with Gasteiger partial charge in [-0.3, -0.25) is 4.79 Å². The first kappa shape index (κ1) is 16.8. The molecule has 2 atom stereocenters. The summed E-state index contributed by atoms with van der Waals surface area (Å²) < 4.78 is 0. The Bertz CT molecular complexity index is 420. The quantitative estimate of drug-likeness (QED) is 0.783. The van der Waals surface area contributed by atoms with E-state index < -0.39 is 0 Å². The van der Waals surface area contributed by atoms with E-state index in [0.717, 1.165) is 38.6 Å². The molecular formula is C17H29N3O2. The van der Waals surface area contributed by atoms with E-state index in [9.17, 15) is 9.59 Å². The van der Waals surface area contributed by atoms with E-state index in [1.807, 2.05) is 0 Å². The van der Waals surface area contributed by atoms with E-state index in [4.69, 9.17) is 0 Å². The monoisotopic (exact) mass is 307 g/mol. The van der Waals surface area contributed by atoms with Crippen LogP contribution in [0, 0.1) is 11.8 Å².